The number of nitrogens with zero attached hydrogens (tertiary/aromatic N) is 3. The Morgan fingerprint density at radius 1 is 1.57 bits per heavy atom. The third kappa shape index (κ3) is 3.92. The summed E-state index contributed by atoms with van der Waals surface area (Å²) in [5, 5.41) is 20.0. The molecule has 0 aliphatic carbocycles. The molecule has 0 aliphatic heterocycles. The fraction of sp³-hybridized carbons (Fsp3) is 0.429. The summed E-state index contributed by atoms with van der Waals surface area (Å²) in [6.07, 6.45) is 0. The number of hydrogen-bond donors (Lipinski definition) is 0. The van der Waals surface area contributed by atoms with E-state index in [1.807, 2.05) is 6.92 Å². The molecule has 1 aromatic carbocycles. The van der Waals surface area contributed by atoms with Gasteiger partial charge in [-0.1, -0.05) is 0 Å². The van der Waals surface area contributed by atoms with Crippen molar-refractivity contribution in [3.63, 3.8) is 0 Å². The Morgan fingerprint density at radius 2 is 2.24 bits per heavy atom. The predicted octanol–water partition coefficient (Wildman–Crippen LogP) is 2.37. The average Bonchev–Trinajstić information content (AvgIpc) is 2.50. The second-order valence-corrected chi connectivity index (χ2v) is 4.52. The summed E-state index contributed by atoms with van der Waals surface area (Å²) in [7, 11) is 1.25. The van der Waals surface area contributed by atoms with E-state index in [4.69, 9.17) is 5.26 Å². The molecular formula is C14H17N3O4. The standard InChI is InChI=1S/C14H17N3O4/c1-4-16(9-10(2)8-15)13-7-11(14(18)21-3)5-6-12(13)17(19)20/h5-7,10H,4,9H2,1-3H3. The summed E-state index contributed by atoms with van der Waals surface area (Å²) >= 11 is 0. The molecule has 0 N–H and O–H groups in total. The van der Waals surface area contributed by atoms with Crippen LogP contribution in [0.25, 0.3) is 0 Å². The Kier molecular flexibility index (Phi) is 5.67. The number of carbonyl (C=O) groups excluding carboxylic acids is 1. The van der Waals surface area contributed by atoms with Crippen molar-refractivity contribution in [2.75, 3.05) is 25.1 Å². The molecule has 1 atom stereocenters. The highest BCUT2D eigenvalue weighted by atomic mass is 16.6. The molecule has 1 rings (SSSR count). The van der Waals surface area contributed by atoms with E-state index in [0.29, 0.717) is 18.8 Å². The maximum atomic E-state index is 11.6. The molecule has 0 radical (unpaired) electrons. The second-order valence-electron chi connectivity index (χ2n) is 4.52. The van der Waals surface area contributed by atoms with Crippen LogP contribution < -0.4 is 4.90 Å². The lowest BCUT2D eigenvalue weighted by molar-refractivity contribution is -0.384. The summed E-state index contributed by atoms with van der Waals surface area (Å²) in [5.41, 5.74) is 0.448. The van der Waals surface area contributed by atoms with Crippen LogP contribution in [-0.2, 0) is 4.74 Å². The highest BCUT2D eigenvalue weighted by Gasteiger charge is 2.22. The van der Waals surface area contributed by atoms with Gasteiger partial charge in [-0.25, -0.2) is 4.79 Å². The molecular weight excluding hydrogens is 274 g/mol. The van der Waals surface area contributed by atoms with Gasteiger partial charge in [0.2, 0.25) is 0 Å². The molecule has 7 nitrogen and oxygen atoms in total. The first-order valence-electron chi connectivity index (χ1n) is 6.45. The number of hydrogen-bond acceptors (Lipinski definition) is 6. The average molecular weight is 291 g/mol. The van der Waals surface area contributed by atoms with Crippen molar-refractivity contribution in [2.45, 2.75) is 13.8 Å². The molecule has 1 unspecified atom stereocenters. The lowest BCUT2D eigenvalue weighted by Gasteiger charge is -2.24. The summed E-state index contributed by atoms with van der Waals surface area (Å²) in [5.74, 6) is -0.845. The van der Waals surface area contributed by atoms with Gasteiger partial charge in [0.05, 0.1) is 29.6 Å². The Labute approximate surface area is 122 Å². The Hall–Kier alpha value is -2.62. The number of esters is 1. The van der Waals surface area contributed by atoms with E-state index >= 15 is 0 Å². The quantitative estimate of drug-likeness (QED) is 0.453. The molecule has 1 aromatic rings. The SMILES string of the molecule is CCN(CC(C)C#N)c1cc(C(=O)OC)ccc1[N+](=O)[O-]. The fourth-order valence-corrected chi connectivity index (χ4v) is 1.95. The van der Waals surface area contributed by atoms with Crippen LogP contribution in [0.3, 0.4) is 0 Å². The molecule has 21 heavy (non-hydrogen) atoms. The summed E-state index contributed by atoms with van der Waals surface area (Å²) in [6.45, 7) is 4.40. The lowest BCUT2D eigenvalue weighted by Crippen LogP contribution is -2.28. The van der Waals surface area contributed by atoms with Gasteiger partial charge in [0.1, 0.15) is 5.69 Å². The maximum absolute atomic E-state index is 11.6. The first-order chi connectivity index (χ1) is 9.94. The van der Waals surface area contributed by atoms with E-state index in [0.717, 1.165) is 0 Å². The Morgan fingerprint density at radius 3 is 2.71 bits per heavy atom. The highest BCUT2D eigenvalue weighted by molar-refractivity contribution is 5.91. The lowest BCUT2D eigenvalue weighted by atomic mass is 10.1. The van der Waals surface area contributed by atoms with Crippen molar-refractivity contribution in [2.24, 2.45) is 5.92 Å². The first-order valence-corrected chi connectivity index (χ1v) is 6.45. The number of carbonyl (C=O) groups is 1. The van der Waals surface area contributed by atoms with Crippen molar-refractivity contribution in [3.8, 4) is 6.07 Å². The van der Waals surface area contributed by atoms with Gasteiger partial charge < -0.3 is 9.64 Å². The molecule has 0 heterocycles. The van der Waals surface area contributed by atoms with Crippen LogP contribution in [0, 0.1) is 27.4 Å². The summed E-state index contributed by atoms with van der Waals surface area (Å²) in [6, 6.07) is 6.16. The number of methoxy groups -OCH3 is 1. The van der Waals surface area contributed by atoms with Crippen molar-refractivity contribution in [1.82, 2.24) is 0 Å². The normalized spacial score (nSPS) is 11.3. The van der Waals surface area contributed by atoms with Gasteiger partial charge in [-0.2, -0.15) is 5.26 Å². The summed E-state index contributed by atoms with van der Waals surface area (Å²) in [4.78, 5) is 23.9. The van der Waals surface area contributed by atoms with E-state index in [2.05, 4.69) is 10.8 Å². The van der Waals surface area contributed by atoms with Crippen molar-refractivity contribution < 1.29 is 14.5 Å². The van der Waals surface area contributed by atoms with Gasteiger partial charge >= 0.3 is 5.97 Å². The van der Waals surface area contributed by atoms with Gasteiger partial charge in [-0.15, -0.1) is 0 Å². The number of ether oxygens (including phenoxy) is 1. The number of nitro groups is 1. The van der Waals surface area contributed by atoms with Gasteiger partial charge in [-0.05, 0) is 26.0 Å². The third-order valence-corrected chi connectivity index (χ3v) is 3.03. The van der Waals surface area contributed by atoms with E-state index in [1.54, 1.807) is 11.8 Å². The molecule has 0 amide bonds. The van der Waals surface area contributed by atoms with Crippen LogP contribution in [0.4, 0.5) is 11.4 Å². The number of anilines is 1. The molecule has 0 bridgehead atoms. The molecule has 0 aliphatic rings. The van der Waals surface area contributed by atoms with E-state index in [-0.39, 0.29) is 17.2 Å². The van der Waals surface area contributed by atoms with Crippen molar-refractivity contribution in [3.05, 3.63) is 33.9 Å². The number of nitro benzene ring substituents is 1. The monoisotopic (exact) mass is 291 g/mol. The van der Waals surface area contributed by atoms with Crippen LogP contribution in [0.15, 0.2) is 18.2 Å². The third-order valence-electron chi connectivity index (χ3n) is 3.03. The second kappa shape index (κ2) is 7.24. The molecule has 7 heteroatoms. The largest absolute Gasteiger partial charge is 0.465 e. The van der Waals surface area contributed by atoms with Gasteiger partial charge in [-0.3, -0.25) is 10.1 Å². The number of nitriles is 1. The minimum atomic E-state index is -0.560. The van der Waals surface area contributed by atoms with Crippen molar-refractivity contribution in [1.29, 1.82) is 5.26 Å². The topological polar surface area (TPSA) is 96.5 Å². The van der Waals surface area contributed by atoms with Crippen LogP contribution in [0.5, 0.6) is 0 Å². The molecule has 0 spiro atoms. The Balaban J connectivity index is 3.30. The smallest absolute Gasteiger partial charge is 0.337 e. The molecule has 0 saturated carbocycles. The van der Waals surface area contributed by atoms with Gasteiger partial charge in [0.15, 0.2) is 0 Å². The first kappa shape index (κ1) is 16.4. The zero-order chi connectivity index (χ0) is 16.0. The molecule has 0 aromatic heterocycles. The summed E-state index contributed by atoms with van der Waals surface area (Å²) < 4.78 is 4.63. The molecule has 0 saturated heterocycles. The zero-order valence-electron chi connectivity index (χ0n) is 12.2. The fourth-order valence-electron chi connectivity index (χ4n) is 1.95. The van der Waals surface area contributed by atoms with E-state index in [9.17, 15) is 14.9 Å². The van der Waals surface area contributed by atoms with Crippen molar-refractivity contribution >= 4 is 17.3 Å². The van der Waals surface area contributed by atoms with Crippen LogP contribution >= 0.6 is 0 Å². The van der Waals surface area contributed by atoms with Gasteiger partial charge in [0.25, 0.3) is 5.69 Å². The van der Waals surface area contributed by atoms with Gasteiger partial charge in [0, 0.05) is 19.2 Å². The molecule has 0 fully saturated rings. The number of rotatable bonds is 6. The zero-order valence-corrected chi connectivity index (χ0v) is 12.2. The highest BCUT2D eigenvalue weighted by Crippen LogP contribution is 2.30. The maximum Gasteiger partial charge on any atom is 0.337 e. The number of benzene rings is 1. The molecule has 112 valence electrons. The van der Waals surface area contributed by atoms with Crippen LogP contribution in [0.2, 0.25) is 0 Å². The minimum absolute atomic E-state index is 0.102. The van der Waals surface area contributed by atoms with E-state index < -0.39 is 10.9 Å². The van der Waals surface area contributed by atoms with E-state index in [1.165, 1.54) is 25.3 Å². The predicted molar refractivity (Wildman–Crippen MR) is 77.1 cm³/mol. The van der Waals surface area contributed by atoms with Crippen LogP contribution in [-0.4, -0.2) is 31.1 Å². The van der Waals surface area contributed by atoms with Crippen LogP contribution in [0.1, 0.15) is 24.2 Å². The Bertz CT molecular complexity index is 580. The minimum Gasteiger partial charge on any atom is -0.465 e.